The summed E-state index contributed by atoms with van der Waals surface area (Å²) in [7, 11) is 0. The van der Waals surface area contributed by atoms with Crippen LogP contribution >= 0.6 is 0 Å². The van der Waals surface area contributed by atoms with Crippen molar-refractivity contribution in [3.05, 3.63) is 71.8 Å². The molecule has 0 saturated heterocycles. The van der Waals surface area contributed by atoms with Gasteiger partial charge < -0.3 is 9.88 Å². The van der Waals surface area contributed by atoms with E-state index in [1.54, 1.807) is 6.07 Å². The van der Waals surface area contributed by atoms with Crippen LogP contribution in [0, 0.1) is 5.82 Å². The van der Waals surface area contributed by atoms with Crippen LogP contribution in [0.4, 0.5) is 10.1 Å². The first-order chi connectivity index (χ1) is 11.8. The van der Waals surface area contributed by atoms with E-state index in [0.717, 1.165) is 41.3 Å². The first-order valence-electron chi connectivity index (χ1n) is 8.17. The summed E-state index contributed by atoms with van der Waals surface area (Å²) in [6, 6.07) is 15.4. The first kappa shape index (κ1) is 13.5. The maximum absolute atomic E-state index is 13.5. The highest BCUT2D eigenvalue weighted by molar-refractivity contribution is 5.86. The number of nitrogens with zero attached hydrogens (tertiary/aromatic N) is 2. The molecule has 4 heteroatoms. The Bertz CT molecular complexity index is 1070. The van der Waals surface area contributed by atoms with Crippen molar-refractivity contribution in [3.8, 4) is 0 Å². The summed E-state index contributed by atoms with van der Waals surface area (Å²) in [6.07, 6.45) is 2.74. The van der Waals surface area contributed by atoms with Gasteiger partial charge in [-0.1, -0.05) is 6.07 Å². The van der Waals surface area contributed by atoms with E-state index in [1.165, 1.54) is 23.0 Å². The SMILES string of the molecule is Fc1ccc2[nH]c3c(c2c1)CCN(c1ccc2ncccc2c1)C3. The summed E-state index contributed by atoms with van der Waals surface area (Å²) in [6.45, 7) is 1.75. The molecule has 0 bridgehead atoms. The zero-order valence-electron chi connectivity index (χ0n) is 13.1. The third kappa shape index (κ3) is 2.07. The molecule has 3 heterocycles. The molecule has 0 aliphatic carbocycles. The highest BCUT2D eigenvalue weighted by atomic mass is 19.1. The van der Waals surface area contributed by atoms with Crippen LogP contribution < -0.4 is 4.90 Å². The van der Waals surface area contributed by atoms with Crippen LogP contribution in [0.15, 0.2) is 54.7 Å². The molecular formula is C20H16FN3. The molecule has 0 saturated carbocycles. The molecule has 1 N–H and O–H groups in total. The van der Waals surface area contributed by atoms with Gasteiger partial charge in [0.25, 0.3) is 0 Å². The Kier molecular flexibility index (Phi) is 2.86. The number of hydrogen-bond donors (Lipinski definition) is 1. The Balaban J connectivity index is 1.54. The zero-order valence-corrected chi connectivity index (χ0v) is 13.1. The Morgan fingerprint density at radius 3 is 3.00 bits per heavy atom. The summed E-state index contributed by atoms with van der Waals surface area (Å²) in [5.74, 6) is -0.172. The lowest BCUT2D eigenvalue weighted by Gasteiger charge is -2.29. The lowest BCUT2D eigenvalue weighted by Crippen LogP contribution is -2.30. The number of rotatable bonds is 1. The number of benzene rings is 2. The lowest BCUT2D eigenvalue weighted by atomic mass is 10.0. The largest absolute Gasteiger partial charge is 0.365 e. The van der Waals surface area contributed by atoms with Crippen molar-refractivity contribution in [2.24, 2.45) is 0 Å². The molecule has 1 aliphatic rings. The smallest absolute Gasteiger partial charge is 0.123 e. The molecule has 0 spiro atoms. The Hall–Kier alpha value is -2.88. The Labute approximate surface area is 138 Å². The second-order valence-corrected chi connectivity index (χ2v) is 6.32. The monoisotopic (exact) mass is 317 g/mol. The fourth-order valence-corrected chi connectivity index (χ4v) is 3.69. The van der Waals surface area contributed by atoms with Crippen LogP contribution in [-0.2, 0) is 13.0 Å². The van der Waals surface area contributed by atoms with Gasteiger partial charge in [-0.05, 0) is 54.4 Å². The van der Waals surface area contributed by atoms with Gasteiger partial charge in [-0.15, -0.1) is 0 Å². The minimum Gasteiger partial charge on any atom is -0.365 e. The van der Waals surface area contributed by atoms with E-state index in [2.05, 4.69) is 39.1 Å². The molecule has 0 radical (unpaired) electrons. The average Bonchev–Trinajstić information content (AvgIpc) is 2.98. The standard InChI is InChI=1S/C20H16FN3/c21-14-3-5-19-17(11-14)16-7-9-24(12-20(16)23-19)15-4-6-18-13(10-15)2-1-8-22-18/h1-6,8,10-11,23H,7,9,12H2. The van der Waals surface area contributed by atoms with Gasteiger partial charge in [0.1, 0.15) is 5.82 Å². The molecule has 2 aromatic heterocycles. The van der Waals surface area contributed by atoms with Crippen LogP contribution in [0.25, 0.3) is 21.8 Å². The molecule has 3 nitrogen and oxygen atoms in total. The van der Waals surface area contributed by atoms with Gasteiger partial charge in [0, 0.05) is 40.4 Å². The summed E-state index contributed by atoms with van der Waals surface area (Å²) in [5, 5.41) is 2.17. The predicted molar refractivity (Wildman–Crippen MR) is 94.8 cm³/mol. The summed E-state index contributed by atoms with van der Waals surface area (Å²) < 4.78 is 13.5. The molecule has 24 heavy (non-hydrogen) atoms. The van der Waals surface area contributed by atoms with E-state index in [4.69, 9.17) is 0 Å². The van der Waals surface area contributed by atoms with Gasteiger partial charge in [0.2, 0.25) is 0 Å². The summed E-state index contributed by atoms with van der Waals surface area (Å²) >= 11 is 0. The number of anilines is 1. The second kappa shape index (κ2) is 5.06. The van der Waals surface area contributed by atoms with E-state index in [0.29, 0.717) is 0 Å². The summed E-state index contributed by atoms with van der Waals surface area (Å²) in [5.41, 5.74) is 5.67. The number of nitrogens with one attached hydrogen (secondary N) is 1. The molecule has 5 rings (SSSR count). The number of pyridine rings is 1. The maximum Gasteiger partial charge on any atom is 0.123 e. The van der Waals surface area contributed by atoms with E-state index in [1.807, 2.05) is 18.3 Å². The van der Waals surface area contributed by atoms with Crippen LogP contribution in [-0.4, -0.2) is 16.5 Å². The Morgan fingerprint density at radius 2 is 2.04 bits per heavy atom. The van der Waals surface area contributed by atoms with Gasteiger partial charge >= 0.3 is 0 Å². The number of fused-ring (bicyclic) bond motifs is 4. The van der Waals surface area contributed by atoms with Gasteiger partial charge in [-0.3, -0.25) is 4.98 Å². The van der Waals surface area contributed by atoms with Gasteiger partial charge in [-0.2, -0.15) is 0 Å². The first-order valence-corrected chi connectivity index (χ1v) is 8.17. The van der Waals surface area contributed by atoms with E-state index in [-0.39, 0.29) is 5.82 Å². The minimum absolute atomic E-state index is 0.172. The fraction of sp³-hybridized carbons (Fsp3) is 0.150. The zero-order chi connectivity index (χ0) is 16.1. The van der Waals surface area contributed by atoms with Crippen LogP contribution in [0.3, 0.4) is 0 Å². The van der Waals surface area contributed by atoms with Crippen molar-refractivity contribution in [1.82, 2.24) is 9.97 Å². The number of halogens is 1. The van der Waals surface area contributed by atoms with Crippen molar-refractivity contribution in [1.29, 1.82) is 0 Å². The minimum atomic E-state index is -0.172. The second-order valence-electron chi connectivity index (χ2n) is 6.32. The average molecular weight is 317 g/mol. The molecular weight excluding hydrogens is 301 g/mol. The van der Waals surface area contributed by atoms with Crippen LogP contribution in [0.5, 0.6) is 0 Å². The number of H-pyrrole nitrogens is 1. The highest BCUT2D eigenvalue weighted by Gasteiger charge is 2.21. The number of aromatic amines is 1. The third-order valence-corrected chi connectivity index (χ3v) is 4.89. The Morgan fingerprint density at radius 1 is 1.08 bits per heavy atom. The van der Waals surface area contributed by atoms with Crippen LogP contribution in [0.1, 0.15) is 11.3 Å². The molecule has 1 aliphatic heterocycles. The predicted octanol–water partition coefficient (Wildman–Crippen LogP) is 4.42. The molecule has 0 unspecified atom stereocenters. The van der Waals surface area contributed by atoms with Gasteiger partial charge in [-0.25, -0.2) is 4.39 Å². The van der Waals surface area contributed by atoms with Crippen molar-refractivity contribution in [3.63, 3.8) is 0 Å². The molecule has 4 aromatic rings. The molecule has 0 amide bonds. The maximum atomic E-state index is 13.5. The van der Waals surface area contributed by atoms with Crippen molar-refractivity contribution in [2.45, 2.75) is 13.0 Å². The van der Waals surface area contributed by atoms with E-state index >= 15 is 0 Å². The summed E-state index contributed by atoms with van der Waals surface area (Å²) in [4.78, 5) is 10.2. The van der Waals surface area contributed by atoms with Crippen LogP contribution in [0.2, 0.25) is 0 Å². The highest BCUT2D eigenvalue weighted by Crippen LogP contribution is 2.31. The van der Waals surface area contributed by atoms with Crippen molar-refractivity contribution >= 4 is 27.5 Å². The fourth-order valence-electron chi connectivity index (χ4n) is 3.69. The molecule has 118 valence electrons. The van der Waals surface area contributed by atoms with E-state index < -0.39 is 0 Å². The normalized spacial score (nSPS) is 14.3. The molecule has 0 atom stereocenters. The van der Waals surface area contributed by atoms with E-state index in [9.17, 15) is 4.39 Å². The molecule has 0 fully saturated rings. The van der Waals surface area contributed by atoms with Crippen molar-refractivity contribution in [2.75, 3.05) is 11.4 Å². The number of hydrogen-bond acceptors (Lipinski definition) is 2. The third-order valence-electron chi connectivity index (χ3n) is 4.89. The van der Waals surface area contributed by atoms with Crippen molar-refractivity contribution < 1.29 is 4.39 Å². The topological polar surface area (TPSA) is 31.9 Å². The van der Waals surface area contributed by atoms with Gasteiger partial charge in [0.15, 0.2) is 0 Å². The number of aromatic nitrogens is 2. The van der Waals surface area contributed by atoms with Gasteiger partial charge in [0.05, 0.1) is 12.1 Å². The lowest BCUT2D eigenvalue weighted by molar-refractivity contribution is 0.629. The quantitative estimate of drug-likeness (QED) is 0.563. The molecule has 2 aromatic carbocycles.